The molecule has 0 unspecified atom stereocenters. The molecule has 0 spiro atoms. The smallest absolute Gasteiger partial charge is 0.281 e. The lowest BCUT2D eigenvalue weighted by Crippen LogP contribution is -2.37. The summed E-state index contributed by atoms with van der Waals surface area (Å²) in [4.78, 5) is 24.1. The molecule has 37 heavy (non-hydrogen) atoms. The van der Waals surface area contributed by atoms with Crippen molar-refractivity contribution in [1.29, 1.82) is 0 Å². The summed E-state index contributed by atoms with van der Waals surface area (Å²) in [5.41, 5.74) is 7.34. The number of carbonyl (C=O) groups excluding carboxylic acids is 1. The zero-order valence-electron chi connectivity index (χ0n) is 21.5. The maximum absolute atomic E-state index is 13.3. The maximum atomic E-state index is 13.3. The molecule has 1 aromatic carbocycles. The van der Waals surface area contributed by atoms with Crippen molar-refractivity contribution in [2.75, 3.05) is 17.2 Å². The fourth-order valence-electron chi connectivity index (χ4n) is 4.39. The average molecular weight is 528 g/mol. The van der Waals surface area contributed by atoms with E-state index in [4.69, 9.17) is 15.5 Å². The normalized spacial score (nSPS) is 17.7. The Morgan fingerprint density at radius 1 is 1.08 bits per heavy atom. The van der Waals surface area contributed by atoms with Gasteiger partial charge in [0.2, 0.25) is 0 Å². The third kappa shape index (κ3) is 6.02. The van der Waals surface area contributed by atoms with E-state index in [1.165, 1.54) is 18.2 Å². The van der Waals surface area contributed by atoms with Gasteiger partial charge < -0.3 is 15.4 Å². The molecule has 1 aliphatic heterocycles. The molecule has 1 aliphatic rings. The number of sulfonamides is 1. The lowest BCUT2D eigenvalue weighted by Gasteiger charge is -2.29. The monoisotopic (exact) mass is 527 g/mol. The Morgan fingerprint density at radius 3 is 2.38 bits per heavy atom. The van der Waals surface area contributed by atoms with Gasteiger partial charge in [-0.3, -0.25) is 4.79 Å². The largest absolute Gasteiger partial charge is 0.493 e. The van der Waals surface area contributed by atoms with E-state index in [9.17, 15) is 13.2 Å². The molecule has 9 nitrogen and oxygen atoms in total. The zero-order chi connectivity index (χ0) is 26.7. The number of benzene rings is 1. The second kappa shape index (κ2) is 10.8. The predicted octanol–water partition coefficient (Wildman–Crippen LogP) is 4.75. The summed E-state index contributed by atoms with van der Waals surface area (Å²) in [6.45, 7) is 8.97. The van der Waals surface area contributed by atoms with E-state index >= 15 is 0 Å². The average Bonchev–Trinajstić information content (AvgIpc) is 3.20. The first-order valence-corrected chi connectivity index (χ1v) is 13.9. The van der Waals surface area contributed by atoms with Gasteiger partial charge in [-0.05, 0) is 81.1 Å². The number of nitrogens with two attached hydrogens (primary N) is 1. The number of aromatic nitrogens is 2. The van der Waals surface area contributed by atoms with E-state index in [2.05, 4.69) is 42.3 Å². The molecular weight excluding hydrogens is 490 g/mol. The molecule has 0 bridgehead atoms. The minimum absolute atomic E-state index is 0. The molecular formula is C27H37N5O4S. The number of ether oxygens (including phenoxy) is 1. The van der Waals surface area contributed by atoms with Crippen LogP contribution in [0, 0.1) is 5.92 Å². The molecule has 0 aliphatic carbocycles. The number of nitrogens with zero attached hydrogens (tertiary/aromatic N) is 3. The van der Waals surface area contributed by atoms with Crippen molar-refractivity contribution < 1.29 is 20.8 Å². The van der Waals surface area contributed by atoms with E-state index in [0.29, 0.717) is 24.0 Å². The molecule has 3 N–H and O–H groups in total. The van der Waals surface area contributed by atoms with Crippen LogP contribution in [-0.4, -0.2) is 43.0 Å². The minimum atomic E-state index is -4.23. The van der Waals surface area contributed by atoms with Crippen LogP contribution in [0.3, 0.4) is 0 Å². The summed E-state index contributed by atoms with van der Waals surface area (Å²) in [7, 11) is -4.23. The van der Waals surface area contributed by atoms with Gasteiger partial charge in [-0.15, -0.1) is 0 Å². The van der Waals surface area contributed by atoms with Crippen molar-refractivity contribution in [2.24, 2.45) is 5.92 Å². The molecule has 3 heterocycles. The van der Waals surface area contributed by atoms with Crippen LogP contribution in [-0.2, 0) is 10.0 Å². The number of nitrogen functional groups attached to an aromatic ring is 1. The van der Waals surface area contributed by atoms with E-state index < -0.39 is 15.9 Å². The Labute approximate surface area is 221 Å². The van der Waals surface area contributed by atoms with Crippen molar-refractivity contribution >= 4 is 27.6 Å². The van der Waals surface area contributed by atoms with Gasteiger partial charge in [0.15, 0.2) is 5.03 Å². The summed E-state index contributed by atoms with van der Waals surface area (Å²) in [5.74, 6) is 0.912. The Morgan fingerprint density at radius 2 is 1.76 bits per heavy atom. The molecule has 10 heteroatoms. The van der Waals surface area contributed by atoms with E-state index in [0.717, 1.165) is 24.2 Å². The predicted molar refractivity (Wildman–Crippen MR) is 148 cm³/mol. The number of amides is 1. The van der Waals surface area contributed by atoms with Crippen LogP contribution in [0.4, 0.5) is 11.6 Å². The van der Waals surface area contributed by atoms with Gasteiger partial charge in [0.05, 0.1) is 17.9 Å². The third-order valence-corrected chi connectivity index (χ3v) is 7.53. The summed E-state index contributed by atoms with van der Waals surface area (Å²) in [6.07, 6.45) is 1.89. The van der Waals surface area contributed by atoms with Crippen molar-refractivity contribution in [3.63, 3.8) is 0 Å². The van der Waals surface area contributed by atoms with Crippen molar-refractivity contribution in [2.45, 2.75) is 57.6 Å². The first kappa shape index (κ1) is 26.4. The molecule has 0 radical (unpaired) electrons. The first-order valence-electron chi connectivity index (χ1n) is 12.4. The van der Waals surface area contributed by atoms with Crippen LogP contribution in [0.25, 0.3) is 11.3 Å². The topological polar surface area (TPSA) is 128 Å². The SMILES string of the molecule is CC(C)COc1ccc(-c2ccc(C(=O)NS(=O)(=O)c3cccc(N)n3)c(N3[C@H](C)CC[C@@H]3C)n2)cc1.[HH].[HH]. The molecule has 1 saturated heterocycles. The van der Waals surface area contributed by atoms with Crippen molar-refractivity contribution in [3.8, 4) is 17.0 Å². The Balaban J connectivity index is 0.00000267. The quantitative estimate of drug-likeness (QED) is 0.430. The molecule has 4 rings (SSSR count). The Kier molecular flexibility index (Phi) is 7.68. The number of carbonyl (C=O) groups is 1. The minimum Gasteiger partial charge on any atom is -0.493 e. The third-order valence-electron chi connectivity index (χ3n) is 6.30. The van der Waals surface area contributed by atoms with Crippen molar-refractivity contribution in [3.05, 3.63) is 60.2 Å². The van der Waals surface area contributed by atoms with Gasteiger partial charge in [0, 0.05) is 20.5 Å². The summed E-state index contributed by atoms with van der Waals surface area (Å²) in [5, 5.41) is -0.324. The molecule has 2 atom stereocenters. The second-order valence-electron chi connectivity index (χ2n) is 9.81. The zero-order valence-corrected chi connectivity index (χ0v) is 22.3. The number of nitrogens with one attached hydrogen (secondary N) is 1. The molecule has 200 valence electrons. The summed E-state index contributed by atoms with van der Waals surface area (Å²) in [6, 6.07) is 15.5. The number of rotatable bonds is 8. The van der Waals surface area contributed by atoms with Gasteiger partial charge >= 0.3 is 0 Å². The van der Waals surface area contributed by atoms with Crippen LogP contribution in [0.15, 0.2) is 59.6 Å². The van der Waals surface area contributed by atoms with Gasteiger partial charge in [-0.25, -0.2) is 14.7 Å². The summed E-state index contributed by atoms with van der Waals surface area (Å²) < 4.78 is 33.6. The Bertz CT molecular complexity index is 1380. The fourth-order valence-corrected chi connectivity index (χ4v) is 5.33. The Hall–Kier alpha value is -3.66. The molecule has 1 fully saturated rings. The van der Waals surface area contributed by atoms with Crippen LogP contribution < -0.4 is 20.1 Å². The number of pyridine rings is 2. The van der Waals surface area contributed by atoms with Crippen LogP contribution >= 0.6 is 0 Å². The number of hydrogen-bond donors (Lipinski definition) is 2. The van der Waals surface area contributed by atoms with Crippen LogP contribution in [0.5, 0.6) is 5.75 Å². The fraction of sp³-hybridized carbons (Fsp3) is 0.370. The number of anilines is 2. The highest BCUT2D eigenvalue weighted by atomic mass is 32.2. The van der Waals surface area contributed by atoms with Gasteiger partial charge in [0.25, 0.3) is 15.9 Å². The van der Waals surface area contributed by atoms with Gasteiger partial charge in [-0.2, -0.15) is 8.42 Å². The maximum Gasteiger partial charge on any atom is 0.281 e. The standard InChI is InChI=1S/C27H33N5O4S.2H2/c1-17(2)16-36-21-12-10-20(11-13-21)23-15-14-22(26(29-23)32-18(3)8-9-19(32)4)27(33)31-37(34,35)25-7-5-6-24(28)30-25;;/h5-7,10-15,17-19H,8-9,16H2,1-4H3,(H2,28,30)(H,31,33);2*1H/t18-,19+;;. The highest BCUT2D eigenvalue weighted by Crippen LogP contribution is 2.34. The highest BCUT2D eigenvalue weighted by molar-refractivity contribution is 7.90. The van der Waals surface area contributed by atoms with Crippen molar-refractivity contribution in [1.82, 2.24) is 14.7 Å². The summed E-state index contributed by atoms with van der Waals surface area (Å²) >= 11 is 0. The molecule has 1 amide bonds. The van der Waals surface area contributed by atoms with Gasteiger partial charge in [0.1, 0.15) is 17.4 Å². The molecule has 3 aromatic rings. The van der Waals surface area contributed by atoms with E-state index in [1.807, 2.05) is 24.3 Å². The van der Waals surface area contributed by atoms with E-state index in [-0.39, 0.29) is 31.3 Å². The van der Waals surface area contributed by atoms with Gasteiger partial charge in [-0.1, -0.05) is 19.9 Å². The highest BCUT2D eigenvalue weighted by Gasteiger charge is 2.33. The lowest BCUT2D eigenvalue weighted by atomic mass is 10.1. The molecule has 2 aromatic heterocycles. The second-order valence-corrected chi connectivity index (χ2v) is 11.4. The lowest BCUT2D eigenvalue weighted by molar-refractivity contribution is 0.0981. The van der Waals surface area contributed by atoms with E-state index in [1.54, 1.807) is 12.1 Å². The molecule has 0 saturated carbocycles. The first-order chi connectivity index (χ1) is 17.5. The van der Waals surface area contributed by atoms with Crippen LogP contribution in [0.1, 0.15) is 53.7 Å². The van der Waals surface area contributed by atoms with Crippen LogP contribution in [0.2, 0.25) is 0 Å². The number of hydrogen-bond acceptors (Lipinski definition) is 8.